The summed E-state index contributed by atoms with van der Waals surface area (Å²) in [5.41, 5.74) is 1.12. The number of anilines is 1. The molecule has 0 radical (unpaired) electrons. The number of benzene rings is 2. The number of hydrogen-bond donors (Lipinski definition) is 2. The summed E-state index contributed by atoms with van der Waals surface area (Å²) < 4.78 is 45.8. The average molecular weight is 524 g/mol. The van der Waals surface area contributed by atoms with Crippen molar-refractivity contribution in [3.8, 4) is 5.75 Å². The molecule has 2 aliphatic rings. The summed E-state index contributed by atoms with van der Waals surface area (Å²) in [5, 5.41) is 14.8. The van der Waals surface area contributed by atoms with Crippen molar-refractivity contribution in [3.63, 3.8) is 0 Å². The molecule has 10 nitrogen and oxygen atoms in total. The lowest BCUT2D eigenvalue weighted by Crippen LogP contribution is -2.53. The van der Waals surface area contributed by atoms with Crippen molar-refractivity contribution in [3.05, 3.63) is 54.3 Å². The fourth-order valence-electron chi connectivity index (χ4n) is 4.42. The second-order valence-electron chi connectivity index (χ2n) is 8.39. The molecule has 2 fully saturated rings. The van der Waals surface area contributed by atoms with Gasteiger partial charge in [-0.15, -0.1) is 0 Å². The van der Waals surface area contributed by atoms with Crippen LogP contribution in [0, 0.1) is 5.82 Å². The van der Waals surface area contributed by atoms with Crippen molar-refractivity contribution in [2.75, 3.05) is 51.3 Å². The standard InChI is InChI=1S/C22H28FN3O3S.C2H2O4/c1-29-22-5-3-2-4-21(22)25-16-14-24(15-17-25)19-10-12-26(13-11-19)30(27,28)20-8-6-18(23)7-9-20;3-1(4)2(5)6/h2-9,19H,10-17H2,1H3;(H,3,4)(H,5,6). The molecule has 0 saturated carbocycles. The molecule has 2 N–H and O–H groups in total. The minimum Gasteiger partial charge on any atom is -0.495 e. The van der Waals surface area contributed by atoms with Crippen LogP contribution in [0.2, 0.25) is 0 Å². The van der Waals surface area contributed by atoms with Crippen LogP contribution in [0.15, 0.2) is 53.4 Å². The van der Waals surface area contributed by atoms with Crippen LogP contribution in [-0.4, -0.2) is 92.2 Å². The van der Waals surface area contributed by atoms with Crippen LogP contribution in [0.1, 0.15) is 12.8 Å². The average Bonchev–Trinajstić information content (AvgIpc) is 2.89. The first-order chi connectivity index (χ1) is 17.1. The molecule has 0 aliphatic carbocycles. The van der Waals surface area contributed by atoms with Gasteiger partial charge >= 0.3 is 11.9 Å². The molecule has 0 bridgehead atoms. The minimum atomic E-state index is -3.56. The van der Waals surface area contributed by atoms with E-state index in [1.54, 1.807) is 7.11 Å². The Hall–Kier alpha value is -3.22. The van der Waals surface area contributed by atoms with E-state index in [1.165, 1.54) is 28.6 Å². The lowest BCUT2D eigenvalue weighted by Gasteiger charge is -2.43. The van der Waals surface area contributed by atoms with E-state index in [9.17, 15) is 12.8 Å². The number of piperazine rings is 1. The lowest BCUT2D eigenvalue weighted by molar-refractivity contribution is -0.159. The third-order valence-electron chi connectivity index (χ3n) is 6.31. The largest absolute Gasteiger partial charge is 0.495 e. The molecule has 2 aromatic carbocycles. The lowest BCUT2D eigenvalue weighted by atomic mass is 10.0. The number of carboxylic acids is 2. The normalized spacial score (nSPS) is 17.7. The fraction of sp³-hybridized carbons (Fsp3) is 0.417. The molecule has 0 atom stereocenters. The number of methoxy groups -OCH3 is 1. The third kappa shape index (κ3) is 6.71. The Kier molecular flexibility index (Phi) is 9.24. The molecule has 4 rings (SSSR count). The molecular formula is C24H30FN3O7S. The molecule has 2 saturated heterocycles. The topological polar surface area (TPSA) is 128 Å². The van der Waals surface area contributed by atoms with Crippen LogP contribution in [0.3, 0.4) is 0 Å². The predicted octanol–water partition coefficient (Wildman–Crippen LogP) is 1.97. The Morgan fingerprint density at radius 1 is 0.889 bits per heavy atom. The van der Waals surface area contributed by atoms with Gasteiger partial charge in [0.2, 0.25) is 10.0 Å². The molecule has 2 aromatic rings. The summed E-state index contributed by atoms with van der Waals surface area (Å²) in [6.45, 7) is 4.75. The SMILES string of the molecule is COc1ccccc1N1CCN(C2CCN(S(=O)(=O)c3ccc(F)cc3)CC2)CC1.O=C(O)C(=O)O. The van der Waals surface area contributed by atoms with Gasteiger partial charge in [0.05, 0.1) is 17.7 Å². The molecule has 2 aliphatic heterocycles. The van der Waals surface area contributed by atoms with E-state index in [0.29, 0.717) is 19.1 Å². The number of nitrogens with zero attached hydrogens (tertiary/aromatic N) is 3. The van der Waals surface area contributed by atoms with Crippen molar-refractivity contribution in [1.82, 2.24) is 9.21 Å². The number of carboxylic acid groups (broad SMARTS) is 2. The Morgan fingerprint density at radius 2 is 1.44 bits per heavy atom. The highest BCUT2D eigenvalue weighted by molar-refractivity contribution is 7.89. The quantitative estimate of drug-likeness (QED) is 0.566. The number of carbonyl (C=O) groups is 2. The molecule has 0 aromatic heterocycles. The number of piperidine rings is 1. The summed E-state index contributed by atoms with van der Waals surface area (Å²) in [4.78, 5) is 23.2. The van der Waals surface area contributed by atoms with Gasteiger partial charge in [0.15, 0.2) is 0 Å². The van der Waals surface area contributed by atoms with Gasteiger partial charge in [0.1, 0.15) is 11.6 Å². The zero-order chi connectivity index (χ0) is 26.3. The third-order valence-corrected chi connectivity index (χ3v) is 8.23. The smallest absolute Gasteiger partial charge is 0.414 e. The number of hydrogen-bond acceptors (Lipinski definition) is 7. The summed E-state index contributed by atoms with van der Waals surface area (Å²) in [6, 6.07) is 13.5. The molecule has 36 heavy (non-hydrogen) atoms. The van der Waals surface area contributed by atoms with E-state index in [2.05, 4.69) is 15.9 Å². The van der Waals surface area contributed by atoms with Gasteiger partial charge in [-0.3, -0.25) is 4.90 Å². The Bertz CT molecular complexity index is 1130. The number of rotatable bonds is 5. The Morgan fingerprint density at radius 3 is 1.97 bits per heavy atom. The van der Waals surface area contributed by atoms with Crippen LogP contribution in [0.25, 0.3) is 0 Å². The van der Waals surface area contributed by atoms with Crippen LogP contribution in [-0.2, 0) is 19.6 Å². The number of para-hydroxylation sites is 2. The van der Waals surface area contributed by atoms with Gasteiger partial charge in [0, 0.05) is 45.3 Å². The molecule has 0 spiro atoms. The highest BCUT2D eigenvalue weighted by atomic mass is 32.2. The summed E-state index contributed by atoms with van der Waals surface area (Å²) in [5.74, 6) is -3.19. The predicted molar refractivity (Wildman–Crippen MR) is 130 cm³/mol. The maximum Gasteiger partial charge on any atom is 0.414 e. The number of aliphatic carboxylic acids is 2. The van der Waals surface area contributed by atoms with Gasteiger partial charge in [-0.25, -0.2) is 22.4 Å². The van der Waals surface area contributed by atoms with Gasteiger partial charge in [-0.1, -0.05) is 12.1 Å². The van der Waals surface area contributed by atoms with Gasteiger partial charge in [0.25, 0.3) is 0 Å². The Labute approximate surface area is 209 Å². The first-order valence-corrected chi connectivity index (χ1v) is 12.9. The molecule has 2 heterocycles. The summed E-state index contributed by atoms with van der Waals surface area (Å²) >= 11 is 0. The number of halogens is 1. The molecular weight excluding hydrogens is 493 g/mol. The van der Waals surface area contributed by atoms with Crippen LogP contribution < -0.4 is 9.64 Å². The van der Waals surface area contributed by atoms with Crippen molar-refractivity contribution >= 4 is 27.6 Å². The van der Waals surface area contributed by atoms with E-state index >= 15 is 0 Å². The maximum atomic E-state index is 13.1. The van der Waals surface area contributed by atoms with Crippen LogP contribution >= 0.6 is 0 Å². The Balaban J connectivity index is 0.000000538. The van der Waals surface area contributed by atoms with Crippen molar-refractivity contribution in [2.45, 2.75) is 23.8 Å². The number of sulfonamides is 1. The van der Waals surface area contributed by atoms with E-state index < -0.39 is 27.8 Å². The second kappa shape index (κ2) is 12.2. The first-order valence-electron chi connectivity index (χ1n) is 11.5. The van der Waals surface area contributed by atoms with Crippen molar-refractivity contribution < 1.29 is 37.3 Å². The number of ether oxygens (including phenoxy) is 1. The van der Waals surface area contributed by atoms with Gasteiger partial charge in [-0.05, 0) is 49.2 Å². The highest BCUT2D eigenvalue weighted by Crippen LogP contribution is 2.30. The van der Waals surface area contributed by atoms with E-state index in [-0.39, 0.29) is 4.90 Å². The molecule has 12 heteroatoms. The zero-order valence-corrected chi connectivity index (χ0v) is 20.7. The fourth-order valence-corrected chi connectivity index (χ4v) is 5.89. The van der Waals surface area contributed by atoms with Gasteiger partial charge < -0.3 is 19.8 Å². The van der Waals surface area contributed by atoms with E-state index in [1.807, 2.05) is 18.2 Å². The highest BCUT2D eigenvalue weighted by Gasteiger charge is 2.33. The van der Waals surface area contributed by atoms with E-state index in [4.69, 9.17) is 24.5 Å². The van der Waals surface area contributed by atoms with Crippen molar-refractivity contribution in [1.29, 1.82) is 0 Å². The second-order valence-corrected chi connectivity index (χ2v) is 10.3. The molecule has 0 unspecified atom stereocenters. The van der Waals surface area contributed by atoms with Crippen LogP contribution in [0.4, 0.5) is 10.1 Å². The van der Waals surface area contributed by atoms with Crippen molar-refractivity contribution in [2.24, 2.45) is 0 Å². The monoisotopic (exact) mass is 523 g/mol. The molecule has 196 valence electrons. The summed E-state index contributed by atoms with van der Waals surface area (Å²) in [6.07, 6.45) is 1.63. The van der Waals surface area contributed by atoms with Crippen LogP contribution in [0.5, 0.6) is 5.75 Å². The van der Waals surface area contributed by atoms with Gasteiger partial charge in [-0.2, -0.15) is 4.31 Å². The summed E-state index contributed by atoms with van der Waals surface area (Å²) in [7, 11) is -1.86. The maximum absolute atomic E-state index is 13.1. The molecule has 0 amide bonds. The first kappa shape index (κ1) is 27.4. The van der Waals surface area contributed by atoms with E-state index in [0.717, 1.165) is 50.5 Å². The minimum absolute atomic E-state index is 0.160. The zero-order valence-electron chi connectivity index (χ0n) is 19.9.